The van der Waals surface area contributed by atoms with E-state index in [0.717, 1.165) is 5.56 Å². The predicted octanol–water partition coefficient (Wildman–Crippen LogP) is 3.88. The average molecular weight is 366 g/mol. The lowest BCUT2D eigenvalue weighted by Crippen LogP contribution is -2.15. The molecule has 0 atom stereocenters. The molecule has 138 valence electrons. The van der Waals surface area contributed by atoms with E-state index in [2.05, 4.69) is 20.6 Å². The van der Waals surface area contributed by atoms with Gasteiger partial charge in [-0.2, -0.15) is 0 Å². The van der Waals surface area contributed by atoms with Gasteiger partial charge in [0, 0.05) is 12.6 Å². The van der Waals surface area contributed by atoms with Gasteiger partial charge < -0.3 is 15.4 Å². The molecule has 0 radical (unpaired) electrons. The Morgan fingerprint density at radius 1 is 1.11 bits per heavy atom. The van der Waals surface area contributed by atoms with Gasteiger partial charge in [0.2, 0.25) is 0 Å². The summed E-state index contributed by atoms with van der Waals surface area (Å²) in [5.74, 6) is 0.441. The first kappa shape index (κ1) is 18.3. The highest BCUT2D eigenvalue weighted by molar-refractivity contribution is 6.04. The van der Waals surface area contributed by atoms with Gasteiger partial charge in [-0.3, -0.25) is 4.79 Å². The van der Waals surface area contributed by atoms with E-state index in [1.165, 1.54) is 18.5 Å². The monoisotopic (exact) mass is 366 g/mol. The molecule has 1 amide bonds. The Morgan fingerprint density at radius 2 is 1.89 bits per heavy atom. The van der Waals surface area contributed by atoms with Crippen molar-refractivity contribution in [3.8, 4) is 5.75 Å². The molecule has 0 fully saturated rings. The number of carbonyl (C=O) groups is 1. The lowest BCUT2D eigenvalue weighted by atomic mass is 10.2. The van der Waals surface area contributed by atoms with Crippen LogP contribution < -0.4 is 15.4 Å². The number of carbonyl (C=O) groups excluding carboxylic acids is 1. The summed E-state index contributed by atoms with van der Waals surface area (Å²) < 4.78 is 18.5. The minimum Gasteiger partial charge on any atom is -0.492 e. The van der Waals surface area contributed by atoms with Crippen molar-refractivity contribution >= 4 is 17.4 Å². The number of nitrogens with one attached hydrogen (secondary N) is 2. The van der Waals surface area contributed by atoms with Gasteiger partial charge >= 0.3 is 0 Å². The van der Waals surface area contributed by atoms with Crippen LogP contribution in [0.4, 0.5) is 15.9 Å². The van der Waals surface area contributed by atoms with Gasteiger partial charge in [0.15, 0.2) is 0 Å². The number of anilines is 2. The Balaban J connectivity index is 1.67. The third-order valence-corrected chi connectivity index (χ3v) is 3.72. The van der Waals surface area contributed by atoms with E-state index in [1.807, 2.05) is 19.1 Å². The van der Waals surface area contributed by atoms with Crippen molar-refractivity contribution in [1.82, 2.24) is 9.97 Å². The molecule has 3 rings (SSSR count). The first-order valence-electron chi connectivity index (χ1n) is 8.49. The summed E-state index contributed by atoms with van der Waals surface area (Å²) >= 11 is 0. The second-order valence-corrected chi connectivity index (χ2v) is 5.65. The molecule has 3 aromatic rings. The largest absolute Gasteiger partial charge is 0.492 e. The van der Waals surface area contributed by atoms with Gasteiger partial charge in [-0.05, 0) is 36.8 Å². The van der Waals surface area contributed by atoms with Crippen molar-refractivity contribution in [2.24, 2.45) is 0 Å². The molecule has 0 unspecified atom stereocenters. The van der Waals surface area contributed by atoms with Gasteiger partial charge in [0.05, 0.1) is 12.3 Å². The number of hydrogen-bond acceptors (Lipinski definition) is 5. The van der Waals surface area contributed by atoms with Crippen LogP contribution in [0.15, 0.2) is 60.9 Å². The van der Waals surface area contributed by atoms with Crippen LogP contribution in [0, 0.1) is 5.82 Å². The molecule has 7 heteroatoms. The molecule has 0 saturated carbocycles. The molecule has 1 aromatic heterocycles. The van der Waals surface area contributed by atoms with Crippen LogP contribution in [-0.2, 0) is 6.54 Å². The Hall–Kier alpha value is -3.48. The summed E-state index contributed by atoms with van der Waals surface area (Å²) in [7, 11) is 0. The van der Waals surface area contributed by atoms with Crippen LogP contribution in [0.5, 0.6) is 5.75 Å². The number of rotatable bonds is 7. The smallest absolute Gasteiger partial charge is 0.274 e. The molecule has 0 saturated heterocycles. The SMILES string of the molecule is CCOc1ccccc1NC(=O)c1cc(NCc2ccc(F)cc2)ncn1. The second-order valence-electron chi connectivity index (χ2n) is 5.65. The zero-order valence-corrected chi connectivity index (χ0v) is 14.8. The van der Waals surface area contributed by atoms with Crippen molar-refractivity contribution in [2.45, 2.75) is 13.5 Å². The topological polar surface area (TPSA) is 76.1 Å². The maximum Gasteiger partial charge on any atom is 0.274 e. The van der Waals surface area contributed by atoms with Crippen LogP contribution in [-0.4, -0.2) is 22.5 Å². The summed E-state index contributed by atoms with van der Waals surface area (Å²) in [6.07, 6.45) is 1.32. The standard InChI is InChI=1S/C20H19FN4O2/c1-2-27-18-6-4-3-5-16(18)25-20(26)17-11-19(24-13-23-17)22-12-14-7-9-15(21)10-8-14/h3-11,13H,2,12H2,1H3,(H,25,26)(H,22,23,24). The van der Waals surface area contributed by atoms with E-state index >= 15 is 0 Å². The first-order chi connectivity index (χ1) is 13.2. The van der Waals surface area contributed by atoms with Crippen molar-refractivity contribution in [3.63, 3.8) is 0 Å². The highest BCUT2D eigenvalue weighted by Gasteiger charge is 2.12. The molecule has 0 bridgehead atoms. The summed E-state index contributed by atoms with van der Waals surface area (Å²) in [5.41, 5.74) is 1.69. The number of aromatic nitrogens is 2. The zero-order chi connectivity index (χ0) is 19.1. The molecule has 2 N–H and O–H groups in total. The van der Waals surface area contributed by atoms with Crippen LogP contribution >= 0.6 is 0 Å². The zero-order valence-electron chi connectivity index (χ0n) is 14.8. The fraction of sp³-hybridized carbons (Fsp3) is 0.150. The molecule has 0 spiro atoms. The number of nitrogens with zero attached hydrogens (tertiary/aromatic N) is 2. The Labute approximate surface area is 156 Å². The molecule has 0 aliphatic rings. The van der Waals surface area contributed by atoms with E-state index in [9.17, 15) is 9.18 Å². The van der Waals surface area contributed by atoms with Crippen molar-refractivity contribution < 1.29 is 13.9 Å². The highest BCUT2D eigenvalue weighted by atomic mass is 19.1. The fourth-order valence-electron chi connectivity index (χ4n) is 2.41. The van der Waals surface area contributed by atoms with Crippen LogP contribution in [0.1, 0.15) is 23.0 Å². The Kier molecular flexibility index (Phi) is 5.94. The van der Waals surface area contributed by atoms with Gasteiger partial charge in [-0.25, -0.2) is 14.4 Å². The number of amides is 1. The third-order valence-electron chi connectivity index (χ3n) is 3.72. The summed E-state index contributed by atoms with van der Waals surface area (Å²) in [5, 5.41) is 5.89. The molecule has 0 aliphatic carbocycles. The lowest BCUT2D eigenvalue weighted by Gasteiger charge is -2.11. The minimum absolute atomic E-state index is 0.220. The maximum absolute atomic E-state index is 13.0. The summed E-state index contributed by atoms with van der Waals surface area (Å²) in [6.45, 7) is 2.82. The fourth-order valence-corrected chi connectivity index (χ4v) is 2.41. The molecular weight excluding hydrogens is 347 g/mol. The highest BCUT2D eigenvalue weighted by Crippen LogP contribution is 2.24. The number of halogens is 1. The van der Waals surface area contributed by atoms with Gasteiger partial charge in [0.1, 0.15) is 29.4 Å². The van der Waals surface area contributed by atoms with E-state index in [1.54, 1.807) is 30.3 Å². The van der Waals surface area contributed by atoms with Gasteiger partial charge in [-0.15, -0.1) is 0 Å². The van der Waals surface area contributed by atoms with Crippen LogP contribution in [0.3, 0.4) is 0 Å². The lowest BCUT2D eigenvalue weighted by molar-refractivity contribution is 0.102. The van der Waals surface area contributed by atoms with E-state index in [-0.39, 0.29) is 17.4 Å². The number of ether oxygens (including phenoxy) is 1. The summed E-state index contributed by atoms with van der Waals surface area (Å²) in [4.78, 5) is 20.6. The van der Waals surface area contributed by atoms with E-state index in [4.69, 9.17) is 4.74 Å². The van der Waals surface area contributed by atoms with Crippen molar-refractivity contribution in [2.75, 3.05) is 17.2 Å². The molecular formula is C20H19FN4O2. The summed E-state index contributed by atoms with van der Waals surface area (Å²) in [6, 6.07) is 14.9. The van der Waals surface area contributed by atoms with Crippen LogP contribution in [0.25, 0.3) is 0 Å². The second kappa shape index (κ2) is 8.75. The molecule has 1 heterocycles. The predicted molar refractivity (Wildman–Crippen MR) is 101 cm³/mol. The minimum atomic E-state index is -0.366. The average Bonchev–Trinajstić information content (AvgIpc) is 2.69. The van der Waals surface area contributed by atoms with Gasteiger partial charge in [0.25, 0.3) is 5.91 Å². The maximum atomic E-state index is 13.0. The molecule has 6 nitrogen and oxygen atoms in total. The van der Waals surface area contributed by atoms with Gasteiger partial charge in [-0.1, -0.05) is 24.3 Å². The number of hydrogen-bond donors (Lipinski definition) is 2. The Bertz CT molecular complexity index is 916. The van der Waals surface area contributed by atoms with Crippen LogP contribution in [0.2, 0.25) is 0 Å². The van der Waals surface area contributed by atoms with Crippen molar-refractivity contribution in [3.05, 3.63) is 78.0 Å². The Morgan fingerprint density at radius 3 is 2.67 bits per heavy atom. The van der Waals surface area contributed by atoms with E-state index < -0.39 is 0 Å². The number of para-hydroxylation sites is 2. The molecule has 2 aromatic carbocycles. The van der Waals surface area contributed by atoms with E-state index in [0.29, 0.717) is 30.4 Å². The van der Waals surface area contributed by atoms with Crippen molar-refractivity contribution in [1.29, 1.82) is 0 Å². The third kappa shape index (κ3) is 5.01. The first-order valence-corrected chi connectivity index (χ1v) is 8.49. The molecule has 27 heavy (non-hydrogen) atoms. The normalized spacial score (nSPS) is 10.3. The number of benzene rings is 2. The quantitative estimate of drug-likeness (QED) is 0.664. The molecule has 0 aliphatic heterocycles.